The molecule has 0 unspecified atom stereocenters. The Bertz CT molecular complexity index is 786. The Morgan fingerprint density at radius 2 is 1.57 bits per heavy atom. The molecule has 148 valence electrons. The van der Waals surface area contributed by atoms with E-state index in [4.69, 9.17) is 0 Å². The second kappa shape index (κ2) is 9.90. The van der Waals surface area contributed by atoms with Crippen molar-refractivity contribution in [3.63, 3.8) is 0 Å². The average Bonchev–Trinajstić information content (AvgIpc) is 2.73. The van der Waals surface area contributed by atoms with Crippen LogP contribution >= 0.6 is 0 Å². The number of nitrogens with one attached hydrogen (secondary N) is 2. The van der Waals surface area contributed by atoms with Gasteiger partial charge in [0, 0.05) is 39.3 Å². The molecule has 0 aliphatic carbocycles. The van der Waals surface area contributed by atoms with Crippen molar-refractivity contribution in [3.8, 4) is 0 Å². The van der Waals surface area contributed by atoms with E-state index in [1.54, 1.807) is 0 Å². The Labute approximate surface area is 166 Å². The van der Waals surface area contributed by atoms with E-state index in [0.29, 0.717) is 19.6 Å². The highest BCUT2D eigenvalue weighted by Gasteiger charge is 2.21. The fraction of sp³-hybridized carbons (Fsp3) is 0.364. The molecule has 2 N–H and O–H groups in total. The lowest BCUT2D eigenvalue weighted by atomic mass is 10.1. The molecule has 0 radical (unpaired) electrons. The number of piperazine rings is 1. The molecule has 1 fully saturated rings. The molecule has 3 rings (SSSR count). The molecule has 0 saturated carbocycles. The maximum atomic E-state index is 12.4. The molecular weight excluding hydrogens is 352 g/mol. The van der Waals surface area contributed by atoms with Crippen molar-refractivity contribution in [2.75, 3.05) is 32.7 Å². The molecule has 2 aromatic carbocycles. The molecule has 6 heteroatoms. The standard InChI is InChI=1S/C22H28N4O2/c1-18-7-5-6-10-20(18)17-25-11-13-26(14-12-25)21(27)16-24-22(28)23-15-19-8-3-2-4-9-19/h2-10H,11-17H2,1H3,(H2,23,24,28). The van der Waals surface area contributed by atoms with Crippen LogP contribution in [0, 0.1) is 6.92 Å². The van der Waals surface area contributed by atoms with E-state index < -0.39 is 0 Å². The third-order valence-corrected chi connectivity index (χ3v) is 5.08. The van der Waals surface area contributed by atoms with Crippen LogP contribution in [0.2, 0.25) is 0 Å². The lowest BCUT2D eigenvalue weighted by molar-refractivity contribution is -0.131. The van der Waals surface area contributed by atoms with Crippen molar-refractivity contribution in [2.45, 2.75) is 20.0 Å². The number of aryl methyl sites for hydroxylation is 1. The van der Waals surface area contributed by atoms with E-state index in [9.17, 15) is 9.59 Å². The Morgan fingerprint density at radius 1 is 0.893 bits per heavy atom. The molecule has 3 amide bonds. The second-order valence-electron chi connectivity index (χ2n) is 7.11. The Hall–Kier alpha value is -2.86. The van der Waals surface area contributed by atoms with Gasteiger partial charge in [-0.3, -0.25) is 9.69 Å². The number of carbonyl (C=O) groups excluding carboxylic acids is 2. The maximum Gasteiger partial charge on any atom is 0.315 e. The van der Waals surface area contributed by atoms with Crippen LogP contribution in [0.25, 0.3) is 0 Å². The van der Waals surface area contributed by atoms with Gasteiger partial charge in [0.25, 0.3) is 0 Å². The summed E-state index contributed by atoms with van der Waals surface area (Å²) in [5.41, 5.74) is 3.65. The normalized spacial score (nSPS) is 14.5. The lowest BCUT2D eigenvalue weighted by Gasteiger charge is -2.35. The number of rotatable bonds is 6. The molecule has 0 spiro atoms. The maximum absolute atomic E-state index is 12.4. The van der Waals surface area contributed by atoms with Crippen LogP contribution in [0.4, 0.5) is 4.79 Å². The van der Waals surface area contributed by atoms with Gasteiger partial charge in [0.15, 0.2) is 0 Å². The highest BCUT2D eigenvalue weighted by atomic mass is 16.2. The van der Waals surface area contributed by atoms with E-state index in [0.717, 1.165) is 25.2 Å². The van der Waals surface area contributed by atoms with Gasteiger partial charge in [0.1, 0.15) is 0 Å². The minimum absolute atomic E-state index is 0.0262. The van der Waals surface area contributed by atoms with Crippen LogP contribution in [0.15, 0.2) is 54.6 Å². The van der Waals surface area contributed by atoms with E-state index >= 15 is 0 Å². The molecule has 0 aromatic heterocycles. The van der Waals surface area contributed by atoms with Crippen molar-refractivity contribution in [2.24, 2.45) is 0 Å². The SMILES string of the molecule is Cc1ccccc1CN1CCN(C(=O)CNC(=O)NCc2ccccc2)CC1. The highest BCUT2D eigenvalue weighted by molar-refractivity contribution is 5.84. The monoisotopic (exact) mass is 380 g/mol. The Kier molecular flexibility index (Phi) is 7.03. The van der Waals surface area contributed by atoms with Crippen LogP contribution in [-0.4, -0.2) is 54.5 Å². The number of urea groups is 1. The zero-order valence-electron chi connectivity index (χ0n) is 16.4. The predicted octanol–water partition coefficient (Wildman–Crippen LogP) is 2.14. The van der Waals surface area contributed by atoms with Gasteiger partial charge >= 0.3 is 6.03 Å². The smallest absolute Gasteiger partial charge is 0.315 e. The summed E-state index contributed by atoms with van der Waals surface area (Å²) in [6.45, 7) is 6.59. The van der Waals surface area contributed by atoms with Gasteiger partial charge in [-0.15, -0.1) is 0 Å². The zero-order chi connectivity index (χ0) is 19.8. The summed E-state index contributed by atoms with van der Waals surface area (Å²) in [6.07, 6.45) is 0. The number of benzene rings is 2. The lowest BCUT2D eigenvalue weighted by Crippen LogP contribution is -2.51. The number of carbonyl (C=O) groups is 2. The van der Waals surface area contributed by atoms with E-state index in [-0.39, 0.29) is 18.5 Å². The minimum Gasteiger partial charge on any atom is -0.339 e. The molecule has 0 atom stereocenters. The summed E-state index contributed by atoms with van der Waals surface area (Å²) in [7, 11) is 0. The van der Waals surface area contributed by atoms with Crippen molar-refractivity contribution < 1.29 is 9.59 Å². The second-order valence-corrected chi connectivity index (χ2v) is 7.11. The molecule has 1 aliphatic heterocycles. The summed E-state index contributed by atoms with van der Waals surface area (Å²) < 4.78 is 0. The number of hydrogen-bond acceptors (Lipinski definition) is 3. The van der Waals surface area contributed by atoms with Crippen molar-refractivity contribution in [1.82, 2.24) is 20.4 Å². The minimum atomic E-state index is -0.324. The first-order valence-corrected chi connectivity index (χ1v) is 9.72. The molecular formula is C22H28N4O2. The van der Waals surface area contributed by atoms with E-state index in [1.165, 1.54) is 11.1 Å². The first-order valence-electron chi connectivity index (χ1n) is 9.72. The number of hydrogen-bond donors (Lipinski definition) is 2. The topological polar surface area (TPSA) is 64.7 Å². The van der Waals surface area contributed by atoms with Crippen molar-refractivity contribution in [3.05, 3.63) is 71.3 Å². The molecule has 2 aromatic rings. The summed E-state index contributed by atoms with van der Waals surface area (Å²) in [6, 6.07) is 17.8. The van der Waals surface area contributed by atoms with Gasteiger partial charge in [0.05, 0.1) is 6.54 Å². The summed E-state index contributed by atoms with van der Waals surface area (Å²) in [5.74, 6) is -0.0367. The highest BCUT2D eigenvalue weighted by Crippen LogP contribution is 2.12. The third-order valence-electron chi connectivity index (χ3n) is 5.08. The fourth-order valence-electron chi connectivity index (χ4n) is 3.29. The zero-order valence-corrected chi connectivity index (χ0v) is 16.4. The van der Waals surface area contributed by atoms with Crippen LogP contribution in [0.5, 0.6) is 0 Å². The number of amides is 3. The third kappa shape index (κ3) is 5.82. The molecule has 1 aliphatic rings. The quantitative estimate of drug-likeness (QED) is 0.807. The summed E-state index contributed by atoms with van der Waals surface area (Å²) in [5, 5.41) is 5.42. The van der Waals surface area contributed by atoms with Crippen LogP contribution in [0.3, 0.4) is 0 Å². The van der Waals surface area contributed by atoms with E-state index in [2.05, 4.69) is 46.7 Å². The van der Waals surface area contributed by atoms with Crippen molar-refractivity contribution >= 4 is 11.9 Å². The van der Waals surface area contributed by atoms with E-state index in [1.807, 2.05) is 35.2 Å². The molecule has 0 bridgehead atoms. The van der Waals surface area contributed by atoms with Gasteiger partial charge in [-0.25, -0.2) is 4.79 Å². The fourth-order valence-corrected chi connectivity index (χ4v) is 3.29. The van der Waals surface area contributed by atoms with Crippen LogP contribution < -0.4 is 10.6 Å². The van der Waals surface area contributed by atoms with Gasteiger partial charge in [-0.1, -0.05) is 54.6 Å². The first-order chi connectivity index (χ1) is 13.6. The molecule has 1 heterocycles. The predicted molar refractivity (Wildman–Crippen MR) is 110 cm³/mol. The summed E-state index contributed by atoms with van der Waals surface area (Å²) >= 11 is 0. The largest absolute Gasteiger partial charge is 0.339 e. The van der Waals surface area contributed by atoms with Gasteiger partial charge in [-0.2, -0.15) is 0 Å². The van der Waals surface area contributed by atoms with Crippen molar-refractivity contribution in [1.29, 1.82) is 0 Å². The molecule has 6 nitrogen and oxygen atoms in total. The number of nitrogens with zero attached hydrogens (tertiary/aromatic N) is 2. The molecule has 1 saturated heterocycles. The van der Waals surface area contributed by atoms with Crippen LogP contribution in [0.1, 0.15) is 16.7 Å². The average molecular weight is 380 g/mol. The first kappa shape index (κ1) is 19.9. The van der Waals surface area contributed by atoms with Gasteiger partial charge in [0.2, 0.25) is 5.91 Å². The summed E-state index contributed by atoms with van der Waals surface area (Å²) in [4.78, 5) is 28.4. The van der Waals surface area contributed by atoms with Gasteiger partial charge in [-0.05, 0) is 23.6 Å². The Morgan fingerprint density at radius 3 is 2.29 bits per heavy atom. The van der Waals surface area contributed by atoms with Gasteiger partial charge < -0.3 is 15.5 Å². The van der Waals surface area contributed by atoms with Crippen LogP contribution in [-0.2, 0) is 17.9 Å². The Balaban J connectivity index is 1.35. The molecule has 28 heavy (non-hydrogen) atoms.